The van der Waals surface area contributed by atoms with Crippen LogP contribution in [0.2, 0.25) is 0 Å². The van der Waals surface area contributed by atoms with Crippen LogP contribution in [0.15, 0.2) is 53.1 Å². The number of nitrogens with one attached hydrogen (secondary N) is 2. The zero-order valence-corrected chi connectivity index (χ0v) is 13.1. The molecule has 0 saturated heterocycles. The Kier molecular flexibility index (Phi) is 3.83. The van der Waals surface area contributed by atoms with Gasteiger partial charge in [0.25, 0.3) is 0 Å². The van der Waals surface area contributed by atoms with Gasteiger partial charge in [0.2, 0.25) is 11.7 Å². The second-order valence-electron chi connectivity index (χ2n) is 5.26. The Morgan fingerprint density at radius 2 is 2.19 bits per heavy atom. The standard InChI is InChI=1S/C17H10FN7O/c18-12-3-1-2-10(6-12)17-21-14-7-13(4-5-15(14)26-17)20-9-11(8-19)16-22-24-25-23-16/h1-7,9,20H,(H,22,23,24,25). The molecule has 0 unspecified atom stereocenters. The van der Waals surface area contributed by atoms with E-state index in [1.807, 2.05) is 6.07 Å². The quantitative estimate of drug-likeness (QED) is 0.545. The molecule has 9 heteroatoms. The monoisotopic (exact) mass is 347 g/mol. The summed E-state index contributed by atoms with van der Waals surface area (Å²) in [6.07, 6.45) is 1.47. The highest BCUT2D eigenvalue weighted by molar-refractivity contribution is 5.81. The van der Waals surface area contributed by atoms with E-state index in [0.717, 1.165) is 0 Å². The molecule has 0 bridgehead atoms. The van der Waals surface area contributed by atoms with Gasteiger partial charge in [-0.25, -0.2) is 9.37 Å². The maximum atomic E-state index is 13.4. The van der Waals surface area contributed by atoms with Crippen molar-refractivity contribution in [3.8, 4) is 17.5 Å². The summed E-state index contributed by atoms with van der Waals surface area (Å²) in [4.78, 5) is 4.38. The predicted molar refractivity (Wildman–Crippen MR) is 90.8 cm³/mol. The second-order valence-corrected chi connectivity index (χ2v) is 5.26. The number of rotatable bonds is 4. The lowest BCUT2D eigenvalue weighted by Crippen LogP contribution is -1.92. The smallest absolute Gasteiger partial charge is 0.227 e. The van der Waals surface area contributed by atoms with Gasteiger partial charge < -0.3 is 9.73 Å². The summed E-state index contributed by atoms with van der Waals surface area (Å²) < 4.78 is 19.0. The van der Waals surface area contributed by atoms with E-state index in [4.69, 9.17) is 9.68 Å². The summed E-state index contributed by atoms with van der Waals surface area (Å²) in [6.45, 7) is 0. The number of oxazole rings is 1. The second kappa shape index (κ2) is 6.45. The van der Waals surface area contributed by atoms with Crippen molar-refractivity contribution < 1.29 is 8.81 Å². The summed E-state index contributed by atoms with van der Waals surface area (Å²) >= 11 is 0. The number of benzene rings is 2. The number of hydrogen-bond donors (Lipinski definition) is 2. The third kappa shape index (κ3) is 2.99. The van der Waals surface area contributed by atoms with E-state index in [1.165, 1.54) is 18.3 Å². The Bertz CT molecular complexity index is 1140. The topological polar surface area (TPSA) is 116 Å². The number of allylic oxidation sites excluding steroid dienone is 1. The van der Waals surface area contributed by atoms with Crippen molar-refractivity contribution in [2.24, 2.45) is 0 Å². The third-order valence-corrected chi connectivity index (χ3v) is 3.55. The molecule has 4 rings (SSSR count). The number of fused-ring (bicyclic) bond motifs is 1. The van der Waals surface area contributed by atoms with Crippen LogP contribution in [0.4, 0.5) is 10.1 Å². The Morgan fingerprint density at radius 1 is 1.27 bits per heavy atom. The Balaban J connectivity index is 1.63. The van der Waals surface area contributed by atoms with E-state index in [1.54, 1.807) is 30.3 Å². The number of nitriles is 1. The minimum Gasteiger partial charge on any atom is -0.436 e. The van der Waals surface area contributed by atoms with Crippen LogP contribution in [0.25, 0.3) is 28.1 Å². The van der Waals surface area contributed by atoms with Crippen LogP contribution in [-0.2, 0) is 0 Å². The zero-order chi connectivity index (χ0) is 17.9. The van der Waals surface area contributed by atoms with E-state index in [9.17, 15) is 4.39 Å². The number of aromatic amines is 1. The first-order valence-electron chi connectivity index (χ1n) is 7.50. The Hall–Kier alpha value is -4.06. The maximum absolute atomic E-state index is 13.4. The molecule has 8 nitrogen and oxygen atoms in total. The Labute approximate surface area is 146 Å². The summed E-state index contributed by atoms with van der Waals surface area (Å²) in [7, 11) is 0. The number of hydrogen-bond acceptors (Lipinski definition) is 7. The van der Waals surface area contributed by atoms with Crippen molar-refractivity contribution >= 4 is 22.4 Å². The predicted octanol–water partition coefficient (Wildman–Crippen LogP) is 3.12. The highest BCUT2D eigenvalue weighted by Gasteiger charge is 2.10. The lowest BCUT2D eigenvalue weighted by Gasteiger charge is -2.00. The minimum atomic E-state index is -0.359. The lowest BCUT2D eigenvalue weighted by molar-refractivity contribution is 0.611. The van der Waals surface area contributed by atoms with E-state index in [0.29, 0.717) is 28.2 Å². The number of tetrazole rings is 1. The summed E-state index contributed by atoms with van der Waals surface area (Å²) in [6, 6.07) is 13.3. The summed E-state index contributed by atoms with van der Waals surface area (Å²) in [5.41, 5.74) is 2.63. The first kappa shape index (κ1) is 15.5. The van der Waals surface area contributed by atoms with Gasteiger partial charge in [0, 0.05) is 17.5 Å². The number of anilines is 1. The van der Waals surface area contributed by atoms with Crippen LogP contribution in [0.5, 0.6) is 0 Å². The largest absolute Gasteiger partial charge is 0.436 e. The molecule has 0 radical (unpaired) electrons. The van der Waals surface area contributed by atoms with Crippen LogP contribution < -0.4 is 5.32 Å². The van der Waals surface area contributed by atoms with Crippen molar-refractivity contribution in [1.29, 1.82) is 5.26 Å². The van der Waals surface area contributed by atoms with Crippen molar-refractivity contribution in [3.63, 3.8) is 0 Å². The van der Waals surface area contributed by atoms with Gasteiger partial charge in [0.15, 0.2) is 5.58 Å². The molecule has 26 heavy (non-hydrogen) atoms. The molecule has 2 aromatic carbocycles. The third-order valence-electron chi connectivity index (χ3n) is 3.55. The molecule has 0 aliphatic rings. The van der Waals surface area contributed by atoms with Crippen molar-refractivity contribution in [3.05, 3.63) is 60.3 Å². The highest BCUT2D eigenvalue weighted by atomic mass is 19.1. The van der Waals surface area contributed by atoms with Crippen molar-refractivity contribution in [1.82, 2.24) is 25.6 Å². The van der Waals surface area contributed by atoms with E-state index < -0.39 is 0 Å². The Morgan fingerprint density at radius 3 is 2.96 bits per heavy atom. The van der Waals surface area contributed by atoms with E-state index >= 15 is 0 Å². The van der Waals surface area contributed by atoms with Gasteiger partial charge >= 0.3 is 0 Å². The molecule has 0 aliphatic carbocycles. The number of H-pyrrole nitrogens is 1. The molecular weight excluding hydrogens is 337 g/mol. The summed E-state index contributed by atoms with van der Waals surface area (Å²) in [5.74, 6) is 0.162. The molecular formula is C17H10FN7O. The van der Waals surface area contributed by atoms with Gasteiger partial charge in [0.1, 0.15) is 23.0 Å². The van der Waals surface area contributed by atoms with Crippen LogP contribution in [0, 0.1) is 17.1 Å². The molecule has 0 saturated carbocycles. The van der Waals surface area contributed by atoms with Crippen LogP contribution in [-0.4, -0.2) is 25.6 Å². The zero-order valence-electron chi connectivity index (χ0n) is 13.1. The van der Waals surface area contributed by atoms with Crippen molar-refractivity contribution in [2.75, 3.05) is 5.32 Å². The number of nitrogens with zero attached hydrogens (tertiary/aromatic N) is 5. The average Bonchev–Trinajstić information content (AvgIpc) is 3.32. The fourth-order valence-corrected chi connectivity index (χ4v) is 2.34. The van der Waals surface area contributed by atoms with Crippen LogP contribution in [0.3, 0.4) is 0 Å². The highest BCUT2D eigenvalue weighted by Crippen LogP contribution is 2.26. The molecule has 2 N–H and O–H groups in total. The molecule has 126 valence electrons. The van der Waals surface area contributed by atoms with E-state index in [-0.39, 0.29) is 17.2 Å². The lowest BCUT2D eigenvalue weighted by atomic mass is 10.2. The van der Waals surface area contributed by atoms with E-state index in [2.05, 4.69) is 30.9 Å². The molecule has 0 fully saturated rings. The molecule has 0 spiro atoms. The van der Waals surface area contributed by atoms with Gasteiger partial charge in [-0.1, -0.05) is 6.07 Å². The first-order chi connectivity index (χ1) is 12.7. The minimum absolute atomic E-state index is 0.191. The van der Waals surface area contributed by atoms with Gasteiger partial charge in [-0.05, 0) is 41.6 Å². The maximum Gasteiger partial charge on any atom is 0.227 e. The average molecular weight is 347 g/mol. The molecule has 0 amide bonds. The van der Waals surface area contributed by atoms with Crippen molar-refractivity contribution in [2.45, 2.75) is 0 Å². The van der Waals surface area contributed by atoms with Gasteiger partial charge in [-0.2, -0.15) is 10.5 Å². The van der Waals surface area contributed by atoms with Gasteiger partial charge in [-0.15, -0.1) is 10.2 Å². The fraction of sp³-hybridized carbons (Fsp3) is 0. The first-order valence-corrected chi connectivity index (χ1v) is 7.50. The molecule has 2 aromatic heterocycles. The number of aromatic nitrogens is 5. The van der Waals surface area contributed by atoms with Crippen LogP contribution in [0.1, 0.15) is 5.82 Å². The molecule has 0 aliphatic heterocycles. The normalized spacial score (nSPS) is 11.5. The summed E-state index contributed by atoms with van der Waals surface area (Å²) in [5, 5.41) is 25.4. The van der Waals surface area contributed by atoms with Gasteiger partial charge in [0.05, 0.1) is 0 Å². The molecule has 4 aromatic rings. The number of halogens is 1. The van der Waals surface area contributed by atoms with Gasteiger partial charge in [-0.3, -0.25) is 0 Å². The molecule has 0 atom stereocenters. The fourth-order valence-electron chi connectivity index (χ4n) is 2.34. The van der Waals surface area contributed by atoms with Crippen LogP contribution >= 0.6 is 0 Å². The molecule has 2 heterocycles. The SMILES string of the molecule is N#CC(=CNc1ccc2oc(-c3cccc(F)c3)nc2c1)c1nn[nH]n1.